The third-order valence-electron chi connectivity index (χ3n) is 2.67. The molecule has 2 heteroatoms. The topological polar surface area (TPSA) is 52.0 Å². The van der Waals surface area contributed by atoms with Crippen LogP contribution < -0.4 is 11.5 Å². The van der Waals surface area contributed by atoms with E-state index in [1.165, 1.54) is 11.1 Å². The number of hydrogen-bond acceptors (Lipinski definition) is 2. The lowest BCUT2D eigenvalue weighted by molar-refractivity contribution is 0.644. The van der Waals surface area contributed by atoms with Gasteiger partial charge in [0.25, 0.3) is 0 Å². The van der Waals surface area contributed by atoms with Crippen LogP contribution in [0.4, 0.5) is 0 Å². The first kappa shape index (κ1) is 11.2. The summed E-state index contributed by atoms with van der Waals surface area (Å²) in [6, 6.07) is 8.44. The molecule has 0 aliphatic heterocycles. The van der Waals surface area contributed by atoms with Gasteiger partial charge in [0.1, 0.15) is 0 Å². The van der Waals surface area contributed by atoms with Crippen molar-refractivity contribution in [2.75, 3.05) is 0 Å². The average molecular weight is 192 g/mol. The van der Waals surface area contributed by atoms with Gasteiger partial charge in [-0.05, 0) is 24.0 Å². The maximum absolute atomic E-state index is 6.03. The predicted octanol–water partition coefficient (Wildman–Crippen LogP) is 2.51. The zero-order chi connectivity index (χ0) is 10.6. The fourth-order valence-electron chi connectivity index (χ4n) is 1.63. The molecule has 0 aromatic heterocycles. The van der Waals surface area contributed by atoms with E-state index in [0.717, 1.165) is 12.8 Å². The summed E-state index contributed by atoms with van der Waals surface area (Å²) < 4.78 is 0. The molecule has 78 valence electrons. The smallest absolute Gasteiger partial charge is 0.0295 e. The molecule has 0 amide bonds. The van der Waals surface area contributed by atoms with Gasteiger partial charge < -0.3 is 11.5 Å². The summed E-state index contributed by atoms with van der Waals surface area (Å²) in [4.78, 5) is 0. The Hall–Kier alpha value is -0.860. The van der Waals surface area contributed by atoms with Crippen molar-refractivity contribution in [3.05, 3.63) is 35.4 Å². The minimum absolute atomic E-state index is 0.115. The zero-order valence-corrected chi connectivity index (χ0v) is 9.03. The molecule has 0 aliphatic rings. The van der Waals surface area contributed by atoms with Crippen LogP contribution in [0, 0.1) is 0 Å². The summed E-state index contributed by atoms with van der Waals surface area (Å²) in [7, 11) is 0. The van der Waals surface area contributed by atoms with Gasteiger partial charge in [-0.1, -0.05) is 38.1 Å². The molecule has 0 spiro atoms. The number of hydrogen-bond donors (Lipinski definition) is 2. The Morgan fingerprint density at radius 1 is 0.929 bits per heavy atom. The van der Waals surface area contributed by atoms with Crippen molar-refractivity contribution in [2.24, 2.45) is 11.5 Å². The Kier molecular flexibility index (Phi) is 4.11. The molecule has 0 bridgehead atoms. The first-order valence-electron chi connectivity index (χ1n) is 5.30. The van der Waals surface area contributed by atoms with Crippen molar-refractivity contribution >= 4 is 0 Å². The summed E-state index contributed by atoms with van der Waals surface area (Å²) in [5.41, 5.74) is 14.5. The number of rotatable bonds is 4. The second kappa shape index (κ2) is 5.13. The molecule has 0 saturated heterocycles. The Morgan fingerprint density at radius 3 is 1.57 bits per heavy atom. The molecule has 2 nitrogen and oxygen atoms in total. The van der Waals surface area contributed by atoms with E-state index >= 15 is 0 Å². The molecular weight excluding hydrogens is 172 g/mol. The first-order chi connectivity index (χ1) is 6.70. The molecular formula is C12H20N2. The maximum atomic E-state index is 6.03. The van der Waals surface area contributed by atoms with Crippen molar-refractivity contribution < 1.29 is 0 Å². The molecule has 1 aromatic carbocycles. The number of nitrogens with two attached hydrogens (primary N) is 2. The van der Waals surface area contributed by atoms with Crippen LogP contribution in [0.5, 0.6) is 0 Å². The average Bonchev–Trinajstić information content (AvgIpc) is 2.27. The molecule has 1 rings (SSSR count). The predicted molar refractivity (Wildman–Crippen MR) is 60.9 cm³/mol. The summed E-state index contributed by atoms with van der Waals surface area (Å²) in [6.07, 6.45) is 1.90. The molecule has 0 saturated carbocycles. The van der Waals surface area contributed by atoms with Crippen LogP contribution in [-0.4, -0.2) is 0 Å². The fraction of sp³-hybridized carbons (Fsp3) is 0.500. The lowest BCUT2D eigenvalue weighted by Crippen LogP contribution is -2.17. The van der Waals surface area contributed by atoms with Gasteiger partial charge in [-0.15, -0.1) is 0 Å². The van der Waals surface area contributed by atoms with Crippen molar-refractivity contribution in [2.45, 2.75) is 38.8 Å². The second-order valence-corrected chi connectivity index (χ2v) is 3.66. The molecule has 0 radical (unpaired) electrons. The van der Waals surface area contributed by atoms with Gasteiger partial charge in [-0.25, -0.2) is 0 Å². The minimum Gasteiger partial charge on any atom is -0.324 e. The van der Waals surface area contributed by atoms with Crippen LogP contribution in [0.3, 0.4) is 0 Å². The standard InChI is InChI=1S/C12H20N2/c1-3-11(13)9-7-5-6-8-10(9)12(14)4-2/h5-8,11-12H,3-4,13-14H2,1-2H3. The van der Waals surface area contributed by atoms with Gasteiger partial charge in [0.05, 0.1) is 0 Å². The van der Waals surface area contributed by atoms with E-state index in [2.05, 4.69) is 26.0 Å². The van der Waals surface area contributed by atoms with E-state index in [1.54, 1.807) is 0 Å². The maximum Gasteiger partial charge on any atom is 0.0295 e. The molecule has 2 unspecified atom stereocenters. The van der Waals surface area contributed by atoms with Crippen molar-refractivity contribution in [1.29, 1.82) is 0 Å². The molecule has 1 aromatic rings. The molecule has 14 heavy (non-hydrogen) atoms. The van der Waals surface area contributed by atoms with Crippen LogP contribution in [0.25, 0.3) is 0 Å². The molecule has 2 atom stereocenters. The van der Waals surface area contributed by atoms with Crippen LogP contribution >= 0.6 is 0 Å². The molecule has 0 heterocycles. The van der Waals surface area contributed by atoms with Gasteiger partial charge in [0, 0.05) is 12.1 Å². The van der Waals surface area contributed by atoms with Gasteiger partial charge in [0.15, 0.2) is 0 Å². The van der Waals surface area contributed by atoms with Crippen molar-refractivity contribution in [3.8, 4) is 0 Å². The monoisotopic (exact) mass is 192 g/mol. The lowest BCUT2D eigenvalue weighted by Gasteiger charge is -2.18. The highest BCUT2D eigenvalue weighted by Gasteiger charge is 2.12. The Balaban J connectivity index is 3.02. The Bertz CT molecular complexity index is 254. The normalized spacial score (nSPS) is 15.1. The highest BCUT2D eigenvalue weighted by Crippen LogP contribution is 2.24. The minimum atomic E-state index is 0.115. The SMILES string of the molecule is CCC(N)c1ccccc1C(N)CC. The van der Waals surface area contributed by atoms with Crippen molar-refractivity contribution in [1.82, 2.24) is 0 Å². The molecule has 0 aliphatic carbocycles. The van der Waals surface area contributed by atoms with E-state index in [9.17, 15) is 0 Å². The van der Waals surface area contributed by atoms with Gasteiger partial charge in [-0.2, -0.15) is 0 Å². The third kappa shape index (κ3) is 2.34. The number of benzene rings is 1. The molecule has 0 fully saturated rings. The second-order valence-electron chi connectivity index (χ2n) is 3.66. The summed E-state index contributed by atoms with van der Waals surface area (Å²) in [6.45, 7) is 4.19. The van der Waals surface area contributed by atoms with E-state index in [0.29, 0.717) is 0 Å². The fourth-order valence-corrected chi connectivity index (χ4v) is 1.63. The lowest BCUT2D eigenvalue weighted by atomic mass is 9.94. The summed E-state index contributed by atoms with van der Waals surface area (Å²) >= 11 is 0. The van der Waals surface area contributed by atoms with Crippen LogP contribution in [0.1, 0.15) is 49.9 Å². The molecule has 4 N–H and O–H groups in total. The largest absolute Gasteiger partial charge is 0.324 e. The first-order valence-corrected chi connectivity index (χ1v) is 5.30. The van der Waals surface area contributed by atoms with E-state index in [4.69, 9.17) is 11.5 Å². The van der Waals surface area contributed by atoms with E-state index < -0.39 is 0 Å². The Labute approximate surface area is 86.3 Å². The summed E-state index contributed by atoms with van der Waals surface area (Å²) in [5.74, 6) is 0. The highest BCUT2D eigenvalue weighted by atomic mass is 14.7. The summed E-state index contributed by atoms with van der Waals surface area (Å²) in [5, 5.41) is 0. The highest BCUT2D eigenvalue weighted by molar-refractivity contribution is 5.32. The third-order valence-corrected chi connectivity index (χ3v) is 2.67. The van der Waals surface area contributed by atoms with Gasteiger partial charge >= 0.3 is 0 Å². The van der Waals surface area contributed by atoms with E-state index in [1.807, 2.05) is 12.1 Å². The van der Waals surface area contributed by atoms with Gasteiger partial charge in [-0.3, -0.25) is 0 Å². The van der Waals surface area contributed by atoms with Gasteiger partial charge in [0.2, 0.25) is 0 Å². The van der Waals surface area contributed by atoms with Crippen molar-refractivity contribution in [3.63, 3.8) is 0 Å². The van der Waals surface area contributed by atoms with Crippen LogP contribution in [0.15, 0.2) is 24.3 Å². The quantitative estimate of drug-likeness (QED) is 0.770. The zero-order valence-electron chi connectivity index (χ0n) is 9.03. The van der Waals surface area contributed by atoms with Crippen LogP contribution in [0.2, 0.25) is 0 Å². The van der Waals surface area contributed by atoms with E-state index in [-0.39, 0.29) is 12.1 Å². The Morgan fingerprint density at radius 2 is 1.29 bits per heavy atom. The van der Waals surface area contributed by atoms with Crippen LogP contribution in [-0.2, 0) is 0 Å².